The van der Waals surface area contributed by atoms with Crippen LogP contribution in [0.25, 0.3) is 0 Å². The Bertz CT molecular complexity index is 2700. The number of nitrogens with zero attached hydrogens (tertiary/aromatic N) is 1. The van der Waals surface area contributed by atoms with Crippen LogP contribution in [0.1, 0.15) is 296 Å². The molecule has 9 nitrogen and oxygen atoms in total. The van der Waals surface area contributed by atoms with Crippen molar-refractivity contribution >= 4 is 19.8 Å². The Morgan fingerprint density at radius 2 is 0.509 bits per heavy atom. The van der Waals surface area contributed by atoms with Crippen molar-refractivity contribution in [3.63, 3.8) is 0 Å². The molecule has 0 aliphatic heterocycles. The Hall–Kier alpha value is -6.19. The monoisotopic (exact) mass is 1480 g/mol. The van der Waals surface area contributed by atoms with Gasteiger partial charge in [-0.15, -0.1) is 0 Å². The molecule has 0 N–H and O–H groups in total. The largest absolute Gasteiger partial charge is 0.756 e. The summed E-state index contributed by atoms with van der Waals surface area (Å²) in [6.45, 7) is 3.98. The average molecular weight is 1480 g/mol. The lowest BCUT2D eigenvalue weighted by Gasteiger charge is -2.28. The summed E-state index contributed by atoms with van der Waals surface area (Å²) in [5.41, 5.74) is 0. The van der Waals surface area contributed by atoms with Gasteiger partial charge in [0.1, 0.15) is 19.8 Å². The number of ether oxygens (including phenoxy) is 2. The Labute approximate surface area is 651 Å². The smallest absolute Gasteiger partial charge is 0.306 e. The first-order valence-corrected chi connectivity index (χ1v) is 43.2. The van der Waals surface area contributed by atoms with Crippen LogP contribution in [-0.4, -0.2) is 70.0 Å². The molecule has 2 unspecified atom stereocenters. The van der Waals surface area contributed by atoms with Crippen LogP contribution in [0, 0.1) is 0 Å². The lowest BCUT2D eigenvalue weighted by atomic mass is 10.0. The van der Waals surface area contributed by atoms with E-state index in [1.807, 2.05) is 21.1 Å². The minimum absolute atomic E-state index is 0.0447. The molecule has 0 fully saturated rings. The molecule has 0 amide bonds. The van der Waals surface area contributed by atoms with Crippen LogP contribution in [0.2, 0.25) is 0 Å². The van der Waals surface area contributed by atoms with E-state index in [0.717, 1.165) is 180 Å². The van der Waals surface area contributed by atoms with Crippen molar-refractivity contribution in [3.05, 3.63) is 243 Å². The summed E-state index contributed by atoms with van der Waals surface area (Å²) in [5, 5.41) is 0. The molecule has 0 spiro atoms. The number of hydrogen-bond acceptors (Lipinski definition) is 8. The molecule has 106 heavy (non-hydrogen) atoms. The Morgan fingerprint density at radius 1 is 0.292 bits per heavy atom. The van der Waals surface area contributed by atoms with Gasteiger partial charge in [-0.1, -0.05) is 360 Å². The van der Waals surface area contributed by atoms with Gasteiger partial charge >= 0.3 is 11.9 Å². The molecule has 0 aromatic rings. The first-order valence-electron chi connectivity index (χ1n) is 41.7. The Balaban J connectivity index is 4.09. The van der Waals surface area contributed by atoms with E-state index < -0.39 is 32.5 Å². The third kappa shape index (κ3) is 86.7. The van der Waals surface area contributed by atoms with Gasteiger partial charge < -0.3 is 27.9 Å². The zero-order valence-electron chi connectivity index (χ0n) is 67.8. The molecule has 0 saturated heterocycles. The fraction of sp³-hybridized carbons (Fsp3) is 0.562. The number of carbonyl (C=O) groups excluding carboxylic acids is 2. The van der Waals surface area contributed by atoms with Gasteiger partial charge in [0.2, 0.25) is 0 Å². The number of likely N-dealkylation sites (N-methyl/N-ethyl adjacent to an activating group) is 1. The van der Waals surface area contributed by atoms with Crippen LogP contribution in [0.15, 0.2) is 243 Å². The van der Waals surface area contributed by atoms with E-state index in [4.69, 9.17) is 18.5 Å². The van der Waals surface area contributed by atoms with Crippen LogP contribution < -0.4 is 4.89 Å². The fourth-order valence-corrected chi connectivity index (χ4v) is 11.3. The SMILES string of the molecule is CC/C=C\C/C=C\C/C=C\C/C=C\C/C=C\C/C=C\C/C=C\C/C=C\C/C=C\C/C=C\C/C=C\CCCCCCCCCC(=O)OC(COC(=O)CCCCCCCCCCCCCCC/C=C\C/C=C\C/C=C\C/C=C\C/C=C\C/C=C\C/C=C\C/C=C\C/C=C\CC)COP(=O)([O-])OCC[N+](C)(C)C. The van der Waals surface area contributed by atoms with Crippen molar-refractivity contribution in [2.75, 3.05) is 47.5 Å². The lowest BCUT2D eigenvalue weighted by Crippen LogP contribution is -2.37. The summed E-state index contributed by atoms with van der Waals surface area (Å²) in [4.78, 5) is 38.2. The molecule has 0 aromatic carbocycles. The summed E-state index contributed by atoms with van der Waals surface area (Å²) in [6, 6.07) is 0. The lowest BCUT2D eigenvalue weighted by molar-refractivity contribution is -0.870. The quantitative estimate of drug-likeness (QED) is 0.0195. The van der Waals surface area contributed by atoms with Gasteiger partial charge in [0.05, 0.1) is 27.7 Å². The number of phosphoric ester groups is 1. The van der Waals surface area contributed by atoms with E-state index in [-0.39, 0.29) is 26.1 Å². The van der Waals surface area contributed by atoms with Crippen molar-refractivity contribution < 1.29 is 42.1 Å². The highest BCUT2D eigenvalue weighted by atomic mass is 31.2. The number of phosphoric acid groups is 1. The minimum Gasteiger partial charge on any atom is -0.756 e. The van der Waals surface area contributed by atoms with E-state index in [9.17, 15) is 19.0 Å². The summed E-state index contributed by atoms with van der Waals surface area (Å²) in [6.07, 6.45) is 134. The third-order valence-electron chi connectivity index (χ3n) is 16.9. The standard InChI is InChI=1S/C96H152NO8P/c1-6-8-10-12-14-16-18-20-22-24-26-28-30-32-34-36-38-40-42-44-46-48-50-52-54-56-58-60-62-64-66-68-70-72-74-76-78-80-82-84-86-88-95(98)102-92-94(93-104-106(100,101)103-91-90-97(3,4)5)105-96(99)89-87-85-83-81-79-77-75-73-71-69-67-65-63-61-59-57-55-53-51-49-47-45-43-41-39-37-35-33-31-29-27-25-23-21-19-17-15-13-11-9-7-2/h8-11,14-17,20-23,26-29,32-35,38-41,44-47,50-53,56-59,63,65,69,71,94H,6-7,12-13,18-19,24-25,30-31,36-37,42-43,48-49,54-55,60-62,64,66-68,70,72-93H2,1-5H3/b10-8-,11-9-,16-14-,17-15-,22-20-,23-21-,28-26-,29-27-,34-32-,35-33-,40-38-,41-39-,46-44-,47-45-,52-50-,53-51-,58-56-,59-57-,65-63-,71-69-. The fourth-order valence-electron chi connectivity index (χ4n) is 10.6. The van der Waals surface area contributed by atoms with Crippen LogP contribution in [-0.2, 0) is 32.7 Å². The highest BCUT2D eigenvalue weighted by Crippen LogP contribution is 2.38. The second kappa shape index (κ2) is 82.9. The number of carbonyl (C=O) groups is 2. The molecule has 0 bridgehead atoms. The van der Waals surface area contributed by atoms with E-state index in [1.54, 1.807) is 0 Å². The zero-order chi connectivity index (χ0) is 76.8. The molecule has 0 aromatic heterocycles. The van der Waals surface area contributed by atoms with Gasteiger partial charge in [0, 0.05) is 12.8 Å². The maximum atomic E-state index is 12.9. The zero-order valence-corrected chi connectivity index (χ0v) is 68.7. The molecule has 10 heteroatoms. The number of allylic oxidation sites excluding steroid dienone is 40. The molecular formula is C96H152NO8P. The number of unbranched alkanes of at least 4 members (excludes halogenated alkanes) is 20. The molecule has 0 saturated carbocycles. The maximum absolute atomic E-state index is 12.9. The number of esters is 2. The van der Waals surface area contributed by atoms with Crippen molar-refractivity contribution in [2.24, 2.45) is 0 Å². The highest BCUT2D eigenvalue weighted by molar-refractivity contribution is 7.45. The topological polar surface area (TPSA) is 111 Å². The van der Waals surface area contributed by atoms with Gasteiger partial charge in [-0.3, -0.25) is 14.2 Å². The molecule has 0 rings (SSSR count). The molecular weight excluding hydrogens is 1330 g/mol. The average Bonchev–Trinajstić information content (AvgIpc) is 0.908. The van der Waals surface area contributed by atoms with Crippen LogP contribution in [0.3, 0.4) is 0 Å². The van der Waals surface area contributed by atoms with Gasteiger partial charge in [-0.2, -0.15) is 0 Å². The van der Waals surface area contributed by atoms with Crippen molar-refractivity contribution in [3.8, 4) is 0 Å². The maximum Gasteiger partial charge on any atom is 0.306 e. The predicted octanol–water partition coefficient (Wildman–Crippen LogP) is 28.0. The normalized spacial score (nSPS) is 14.3. The second-order valence-corrected chi connectivity index (χ2v) is 29.4. The minimum atomic E-state index is -4.67. The first kappa shape index (κ1) is 99.8. The molecule has 594 valence electrons. The van der Waals surface area contributed by atoms with Gasteiger partial charge in [-0.25, -0.2) is 0 Å². The van der Waals surface area contributed by atoms with E-state index in [2.05, 4.69) is 257 Å². The summed E-state index contributed by atoms with van der Waals surface area (Å²) < 4.78 is 34.4. The Morgan fingerprint density at radius 3 is 0.755 bits per heavy atom. The number of rotatable bonds is 74. The van der Waals surface area contributed by atoms with Crippen molar-refractivity contribution in [1.29, 1.82) is 0 Å². The molecule has 2 atom stereocenters. The highest BCUT2D eigenvalue weighted by Gasteiger charge is 2.22. The van der Waals surface area contributed by atoms with E-state index in [1.165, 1.54) is 77.0 Å². The van der Waals surface area contributed by atoms with Gasteiger partial charge in [-0.05, 0) is 167 Å². The summed E-state index contributed by atoms with van der Waals surface area (Å²) in [7, 11) is 1.13. The van der Waals surface area contributed by atoms with Crippen molar-refractivity contribution in [2.45, 2.75) is 302 Å². The molecule has 0 heterocycles. The van der Waals surface area contributed by atoms with Gasteiger partial charge in [0.15, 0.2) is 6.10 Å². The number of hydrogen-bond donors (Lipinski definition) is 0. The summed E-state index contributed by atoms with van der Waals surface area (Å²) >= 11 is 0. The predicted molar refractivity (Wildman–Crippen MR) is 461 cm³/mol. The Kier molecular flexibility index (Phi) is 78.0. The van der Waals surface area contributed by atoms with Gasteiger partial charge in [0.25, 0.3) is 7.82 Å². The van der Waals surface area contributed by atoms with Crippen LogP contribution >= 0.6 is 7.82 Å². The van der Waals surface area contributed by atoms with E-state index >= 15 is 0 Å². The third-order valence-corrected chi connectivity index (χ3v) is 17.8. The van der Waals surface area contributed by atoms with Crippen LogP contribution in [0.5, 0.6) is 0 Å². The molecule has 0 aliphatic carbocycles. The summed E-state index contributed by atoms with van der Waals surface area (Å²) in [5.74, 6) is -0.859. The second-order valence-electron chi connectivity index (χ2n) is 28.0. The number of quaternary nitrogens is 1. The van der Waals surface area contributed by atoms with Crippen molar-refractivity contribution in [1.82, 2.24) is 0 Å². The first-order chi connectivity index (χ1) is 52.0. The van der Waals surface area contributed by atoms with E-state index in [0.29, 0.717) is 23.9 Å². The van der Waals surface area contributed by atoms with Crippen LogP contribution in [0.4, 0.5) is 0 Å². The molecule has 0 aliphatic rings. The molecule has 0 radical (unpaired) electrons.